The second kappa shape index (κ2) is 12.0. The molecular formula is C28H31F2N9O3. The van der Waals surface area contributed by atoms with Crippen LogP contribution in [-0.2, 0) is 4.74 Å². The fraction of sp³-hybridized carbons (Fsp3) is 0.464. The maximum Gasteiger partial charge on any atom is 0.296 e. The van der Waals surface area contributed by atoms with Crippen molar-refractivity contribution in [3.63, 3.8) is 0 Å². The number of anilines is 3. The van der Waals surface area contributed by atoms with Crippen LogP contribution in [0.15, 0.2) is 36.7 Å². The van der Waals surface area contributed by atoms with E-state index in [0.29, 0.717) is 35.7 Å². The van der Waals surface area contributed by atoms with Gasteiger partial charge in [-0.15, -0.1) is 0 Å². The first-order chi connectivity index (χ1) is 20.4. The summed E-state index contributed by atoms with van der Waals surface area (Å²) in [7, 11) is 1.59. The van der Waals surface area contributed by atoms with E-state index in [2.05, 4.69) is 40.4 Å². The highest BCUT2D eigenvalue weighted by Crippen LogP contribution is 2.32. The Bertz CT molecular complexity index is 1460. The Morgan fingerprint density at radius 3 is 2.67 bits per heavy atom. The summed E-state index contributed by atoms with van der Waals surface area (Å²) in [6.45, 7) is 5.20. The van der Waals surface area contributed by atoms with Crippen LogP contribution in [0.5, 0.6) is 11.6 Å². The van der Waals surface area contributed by atoms with E-state index in [9.17, 15) is 14.0 Å². The molecule has 1 atom stereocenters. The Kier molecular flexibility index (Phi) is 7.96. The van der Waals surface area contributed by atoms with E-state index in [4.69, 9.17) is 14.2 Å². The molecule has 6 rings (SSSR count). The summed E-state index contributed by atoms with van der Waals surface area (Å²) in [5.74, 6) is -1.79. The highest BCUT2D eigenvalue weighted by molar-refractivity contribution is 5.63. The molecule has 3 saturated heterocycles. The van der Waals surface area contributed by atoms with Crippen molar-refractivity contribution in [1.29, 1.82) is 5.26 Å². The molecule has 14 heteroatoms. The lowest BCUT2D eigenvalue weighted by atomic mass is 10.1. The maximum atomic E-state index is 14.2. The molecule has 2 N–H and O–H groups in total. The summed E-state index contributed by atoms with van der Waals surface area (Å²) in [5, 5.41) is 15.4. The highest BCUT2D eigenvalue weighted by Gasteiger charge is 2.43. The second-order valence-electron chi connectivity index (χ2n) is 10.3. The molecule has 0 aromatic carbocycles. The monoisotopic (exact) mass is 579 g/mol. The number of hydrogen-bond donors (Lipinski definition) is 2. The summed E-state index contributed by atoms with van der Waals surface area (Å²) in [4.78, 5) is 22.5. The number of halogens is 2. The summed E-state index contributed by atoms with van der Waals surface area (Å²) >= 11 is 0. The van der Waals surface area contributed by atoms with Crippen molar-refractivity contribution in [2.45, 2.75) is 24.5 Å². The number of ether oxygens (including phenoxy) is 3. The molecule has 0 aliphatic carbocycles. The largest absolute Gasteiger partial charge is 0.481 e. The number of nitriles is 1. The van der Waals surface area contributed by atoms with Crippen LogP contribution in [0.2, 0.25) is 0 Å². The van der Waals surface area contributed by atoms with E-state index < -0.39 is 18.6 Å². The Balaban J connectivity index is 1.15. The van der Waals surface area contributed by atoms with Crippen molar-refractivity contribution in [3.8, 4) is 29.1 Å². The third-order valence-corrected chi connectivity index (χ3v) is 7.66. The zero-order chi connectivity index (χ0) is 29.1. The van der Waals surface area contributed by atoms with Gasteiger partial charge in [-0.1, -0.05) is 0 Å². The number of alkyl halides is 2. The van der Waals surface area contributed by atoms with Crippen LogP contribution in [0, 0.1) is 11.3 Å². The summed E-state index contributed by atoms with van der Waals surface area (Å²) < 4.78 is 45.0. The van der Waals surface area contributed by atoms with Crippen molar-refractivity contribution < 1.29 is 23.0 Å². The van der Waals surface area contributed by atoms with Crippen molar-refractivity contribution >= 4 is 17.5 Å². The van der Waals surface area contributed by atoms with Gasteiger partial charge < -0.3 is 29.7 Å². The van der Waals surface area contributed by atoms with Gasteiger partial charge in [0.1, 0.15) is 17.6 Å². The van der Waals surface area contributed by atoms with Gasteiger partial charge in [0.05, 0.1) is 56.1 Å². The van der Waals surface area contributed by atoms with Gasteiger partial charge in [0.15, 0.2) is 11.9 Å². The molecule has 3 fully saturated rings. The highest BCUT2D eigenvalue weighted by atomic mass is 19.3. The molecule has 3 aliphatic heterocycles. The average molecular weight is 580 g/mol. The van der Waals surface area contributed by atoms with E-state index in [1.807, 2.05) is 18.2 Å². The quantitative estimate of drug-likeness (QED) is 0.406. The molecule has 6 heterocycles. The minimum Gasteiger partial charge on any atom is -0.481 e. The number of hydrogen-bond acceptors (Lipinski definition) is 12. The summed E-state index contributed by atoms with van der Waals surface area (Å²) in [6, 6.07) is 9.45. The zero-order valence-electron chi connectivity index (χ0n) is 23.1. The van der Waals surface area contributed by atoms with Gasteiger partial charge in [0.25, 0.3) is 5.92 Å². The molecule has 12 nitrogen and oxygen atoms in total. The lowest BCUT2D eigenvalue weighted by Crippen LogP contribution is -2.56. The molecule has 0 amide bonds. The van der Waals surface area contributed by atoms with Crippen molar-refractivity contribution in [1.82, 2.24) is 30.2 Å². The third-order valence-electron chi connectivity index (χ3n) is 7.66. The van der Waals surface area contributed by atoms with E-state index >= 15 is 0 Å². The van der Waals surface area contributed by atoms with Crippen LogP contribution in [0.3, 0.4) is 0 Å². The van der Waals surface area contributed by atoms with Crippen LogP contribution in [0.1, 0.15) is 12.0 Å². The fourth-order valence-electron chi connectivity index (χ4n) is 5.21. The molecule has 42 heavy (non-hydrogen) atoms. The molecule has 0 bridgehead atoms. The Labute approximate surface area is 241 Å². The minimum atomic E-state index is -3.05. The lowest BCUT2D eigenvalue weighted by Gasteiger charge is -2.43. The maximum absolute atomic E-state index is 14.2. The smallest absolute Gasteiger partial charge is 0.296 e. The zero-order valence-corrected chi connectivity index (χ0v) is 23.1. The van der Waals surface area contributed by atoms with Crippen LogP contribution in [-0.4, -0.2) is 102 Å². The number of pyridine rings is 2. The molecular weight excluding hydrogens is 548 g/mol. The van der Waals surface area contributed by atoms with E-state index in [0.717, 1.165) is 45.1 Å². The molecule has 3 aromatic rings. The Hall–Kier alpha value is -4.19. The Morgan fingerprint density at radius 1 is 1.12 bits per heavy atom. The van der Waals surface area contributed by atoms with E-state index in [1.54, 1.807) is 19.4 Å². The molecule has 3 aromatic heterocycles. The fourth-order valence-corrected chi connectivity index (χ4v) is 5.21. The lowest BCUT2D eigenvalue weighted by molar-refractivity contribution is -0.109. The van der Waals surface area contributed by atoms with E-state index in [1.165, 1.54) is 12.3 Å². The number of nitrogens with zero attached hydrogens (tertiary/aromatic N) is 7. The molecule has 220 valence electrons. The van der Waals surface area contributed by atoms with Crippen LogP contribution in [0.4, 0.5) is 26.2 Å². The topological polar surface area (TPSA) is 134 Å². The van der Waals surface area contributed by atoms with Gasteiger partial charge in [0.2, 0.25) is 11.8 Å². The number of piperidine rings is 1. The Morgan fingerprint density at radius 2 is 1.95 bits per heavy atom. The molecule has 1 unspecified atom stereocenters. The normalized spacial score (nSPS) is 20.8. The van der Waals surface area contributed by atoms with E-state index in [-0.39, 0.29) is 23.7 Å². The number of methoxy groups -OCH3 is 1. The van der Waals surface area contributed by atoms with Gasteiger partial charge in [-0.2, -0.15) is 10.2 Å². The van der Waals surface area contributed by atoms with Crippen LogP contribution >= 0.6 is 0 Å². The number of rotatable bonds is 8. The van der Waals surface area contributed by atoms with Crippen LogP contribution in [0.25, 0.3) is 11.4 Å². The standard InChI is InChI=1S/C28H31F2N9O3/c1-40-26-22(39-10-8-38(9-11-39)19-15-41-16-19)2-3-25(36-26)37-27-33-7-4-20(35-27)21-12-18(13-31)23(14-34-21)42-24-5-6-32-17-28(24,29)30/h2-4,7,12,14,19,24,32H,5-6,8-11,15-17H2,1H3,(H,33,35,36,37). The predicted octanol–water partition coefficient (Wildman–Crippen LogP) is 2.45. The van der Waals surface area contributed by atoms with Crippen molar-refractivity contribution in [2.75, 3.05) is 69.8 Å². The summed E-state index contributed by atoms with van der Waals surface area (Å²) in [6.07, 6.45) is 1.62. The van der Waals surface area contributed by atoms with Gasteiger partial charge in [0, 0.05) is 38.8 Å². The average Bonchev–Trinajstić information content (AvgIpc) is 2.98. The molecule has 0 radical (unpaired) electrons. The summed E-state index contributed by atoms with van der Waals surface area (Å²) in [5.41, 5.74) is 1.81. The number of aromatic nitrogens is 4. The van der Waals surface area contributed by atoms with Gasteiger partial charge >= 0.3 is 0 Å². The first kappa shape index (κ1) is 28.0. The first-order valence-corrected chi connectivity index (χ1v) is 13.8. The number of piperazine rings is 1. The minimum absolute atomic E-state index is 0.00934. The second-order valence-corrected chi connectivity index (χ2v) is 10.3. The first-order valence-electron chi connectivity index (χ1n) is 13.8. The molecule has 0 spiro atoms. The van der Waals surface area contributed by atoms with Crippen molar-refractivity contribution in [3.05, 3.63) is 42.2 Å². The van der Waals surface area contributed by atoms with Gasteiger partial charge in [-0.05, 0) is 30.8 Å². The van der Waals surface area contributed by atoms with Crippen LogP contribution < -0.4 is 25.0 Å². The van der Waals surface area contributed by atoms with Gasteiger partial charge in [-0.3, -0.25) is 9.88 Å². The SMILES string of the molecule is COc1nc(Nc2nccc(-c3cc(C#N)c(OC4CCNCC4(F)F)cn3)n2)ccc1N1CCN(C2COC2)CC1. The molecule has 0 saturated carbocycles. The molecule has 3 aliphatic rings. The van der Waals surface area contributed by atoms with Gasteiger partial charge in [-0.25, -0.2) is 18.7 Å². The third kappa shape index (κ3) is 5.89. The van der Waals surface area contributed by atoms with Crippen molar-refractivity contribution in [2.24, 2.45) is 0 Å². The predicted molar refractivity (Wildman–Crippen MR) is 149 cm³/mol. The number of nitrogens with one attached hydrogen (secondary N) is 2.